The zero-order chi connectivity index (χ0) is 21.1. The third-order valence-electron chi connectivity index (χ3n) is 5.39. The van der Waals surface area contributed by atoms with E-state index in [0.29, 0.717) is 0 Å². The standard InChI is InChI=1S/C23H26N4O2S/c1-4-26-21(18-11-13-19(29-3)14-12-18)24-25-23(26)30-16(2)22(28)27-15-7-9-17-8-5-6-10-20(17)27/h5-6,8,10-14,16H,4,7,9,15H2,1-3H3/t16-/m0/s1. The number of fused-ring (bicyclic) bond motifs is 1. The number of hydrogen-bond acceptors (Lipinski definition) is 5. The molecule has 2 heterocycles. The molecule has 0 bridgehead atoms. The van der Waals surface area contributed by atoms with Gasteiger partial charge in [0.2, 0.25) is 5.91 Å². The molecule has 0 N–H and O–H groups in total. The topological polar surface area (TPSA) is 60.2 Å². The van der Waals surface area contributed by atoms with Gasteiger partial charge in [-0.15, -0.1) is 10.2 Å². The summed E-state index contributed by atoms with van der Waals surface area (Å²) in [6.07, 6.45) is 2.02. The van der Waals surface area contributed by atoms with Crippen molar-refractivity contribution in [3.05, 3.63) is 54.1 Å². The van der Waals surface area contributed by atoms with E-state index in [4.69, 9.17) is 4.74 Å². The van der Waals surface area contributed by atoms with E-state index in [-0.39, 0.29) is 11.2 Å². The molecule has 1 aliphatic heterocycles. The average Bonchev–Trinajstić information content (AvgIpc) is 3.20. The molecule has 1 amide bonds. The molecule has 7 heteroatoms. The summed E-state index contributed by atoms with van der Waals surface area (Å²) in [7, 11) is 1.65. The molecule has 30 heavy (non-hydrogen) atoms. The molecule has 2 aromatic carbocycles. The second-order valence-electron chi connectivity index (χ2n) is 7.26. The minimum atomic E-state index is -0.255. The first-order valence-electron chi connectivity index (χ1n) is 10.3. The Morgan fingerprint density at radius 1 is 1.17 bits per heavy atom. The van der Waals surface area contributed by atoms with Gasteiger partial charge >= 0.3 is 0 Å². The number of aryl methyl sites for hydroxylation is 1. The second kappa shape index (κ2) is 8.92. The van der Waals surface area contributed by atoms with E-state index in [9.17, 15) is 4.79 Å². The Bertz CT molecular complexity index is 1030. The van der Waals surface area contributed by atoms with Crippen molar-refractivity contribution in [3.63, 3.8) is 0 Å². The molecule has 1 atom stereocenters. The first-order valence-corrected chi connectivity index (χ1v) is 11.1. The van der Waals surface area contributed by atoms with E-state index in [1.165, 1.54) is 17.3 Å². The van der Waals surface area contributed by atoms with Crippen LogP contribution in [0.1, 0.15) is 25.8 Å². The van der Waals surface area contributed by atoms with Gasteiger partial charge in [0.25, 0.3) is 0 Å². The van der Waals surface area contributed by atoms with Crippen LogP contribution in [0, 0.1) is 0 Å². The maximum atomic E-state index is 13.2. The fourth-order valence-corrected chi connectivity index (χ4v) is 4.78. The van der Waals surface area contributed by atoms with Gasteiger partial charge in [-0.1, -0.05) is 30.0 Å². The Morgan fingerprint density at radius 2 is 1.93 bits per heavy atom. The van der Waals surface area contributed by atoms with Crippen molar-refractivity contribution in [1.29, 1.82) is 0 Å². The highest BCUT2D eigenvalue weighted by atomic mass is 32.2. The van der Waals surface area contributed by atoms with Gasteiger partial charge in [-0.2, -0.15) is 0 Å². The average molecular weight is 423 g/mol. The molecule has 0 spiro atoms. The lowest BCUT2D eigenvalue weighted by atomic mass is 10.0. The summed E-state index contributed by atoms with van der Waals surface area (Å²) in [4.78, 5) is 15.2. The van der Waals surface area contributed by atoms with Crippen LogP contribution in [-0.2, 0) is 17.8 Å². The van der Waals surface area contributed by atoms with Crippen molar-refractivity contribution in [1.82, 2.24) is 14.8 Å². The molecular weight excluding hydrogens is 396 g/mol. The van der Waals surface area contributed by atoms with Crippen LogP contribution >= 0.6 is 11.8 Å². The number of aromatic nitrogens is 3. The monoisotopic (exact) mass is 422 g/mol. The molecule has 0 radical (unpaired) electrons. The van der Waals surface area contributed by atoms with E-state index in [2.05, 4.69) is 27.8 Å². The maximum Gasteiger partial charge on any atom is 0.240 e. The molecule has 0 fully saturated rings. The molecule has 1 aliphatic rings. The Morgan fingerprint density at radius 3 is 2.67 bits per heavy atom. The third kappa shape index (κ3) is 3.94. The number of amides is 1. The van der Waals surface area contributed by atoms with Crippen LogP contribution in [0.3, 0.4) is 0 Å². The number of ether oxygens (including phenoxy) is 1. The number of methoxy groups -OCH3 is 1. The van der Waals surface area contributed by atoms with Crippen molar-refractivity contribution >= 4 is 23.4 Å². The summed E-state index contributed by atoms with van der Waals surface area (Å²) in [5, 5.41) is 9.30. The van der Waals surface area contributed by atoms with Gasteiger partial charge in [-0.05, 0) is 62.6 Å². The number of nitrogens with zero attached hydrogens (tertiary/aromatic N) is 4. The van der Waals surface area contributed by atoms with E-state index in [0.717, 1.165) is 53.9 Å². The lowest BCUT2D eigenvalue weighted by Gasteiger charge is -2.31. The molecule has 6 nitrogen and oxygen atoms in total. The number of benzene rings is 2. The fraction of sp³-hybridized carbons (Fsp3) is 0.348. The minimum absolute atomic E-state index is 0.115. The zero-order valence-electron chi connectivity index (χ0n) is 17.5. The molecule has 3 aromatic rings. The molecule has 0 saturated carbocycles. The normalized spacial score (nSPS) is 14.3. The summed E-state index contributed by atoms with van der Waals surface area (Å²) in [6.45, 7) is 5.50. The lowest BCUT2D eigenvalue weighted by Crippen LogP contribution is -2.40. The smallest absolute Gasteiger partial charge is 0.240 e. The van der Waals surface area contributed by atoms with Crippen molar-refractivity contribution in [2.45, 2.75) is 43.6 Å². The largest absolute Gasteiger partial charge is 0.497 e. The quantitative estimate of drug-likeness (QED) is 0.550. The predicted octanol–water partition coefficient (Wildman–Crippen LogP) is 4.43. The van der Waals surface area contributed by atoms with Gasteiger partial charge in [-0.25, -0.2) is 0 Å². The molecule has 1 aromatic heterocycles. The molecule has 0 unspecified atom stereocenters. The van der Waals surface area contributed by atoms with Crippen LogP contribution in [0.15, 0.2) is 53.7 Å². The first kappa shape index (κ1) is 20.5. The maximum absolute atomic E-state index is 13.2. The van der Waals surface area contributed by atoms with Crippen molar-refractivity contribution in [3.8, 4) is 17.1 Å². The Kier molecular flexibility index (Phi) is 6.08. The van der Waals surface area contributed by atoms with Crippen LogP contribution in [-0.4, -0.2) is 39.6 Å². The minimum Gasteiger partial charge on any atom is -0.497 e. The van der Waals surface area contributed by atoms with E-state index in [1.807, 2.05) is 54.3 Å². The van der Waals surface area contributed by atoms with Gasteiger partial charge in [0, 0.05) is 24.3 Å². The van der Waals surface area contributed by atoms with Gasteiger partial charge in [0.1, 0.15) is 5.75 Å². The van der Waals surface area contributed by atoms with Crippen LogP contribution in [0.5, 0.6) is 5.75 Å². The van der Waals surface area contributed by atoms with Crippen LogP contribution in [0.25, 0.3) is 11.4 Å². The van der Waals surface area contributed by atoms with E-state index >= 15 is 0 Å². The van der Waals surface area contributed by atoms with E-state index in [1.54, 1.807) is 7.11 Å². The summed E-state index contributed by atoms with van der Waals surface area (Å²) in [6, 6.07) is 16.0. The first-order chi connectivity index (χ1) is 14.6. The SMILES string of the molecule is CCn1c(S[C@@H](C)C(=O)N2CCCc3ccccc32)nnc1-c1ccc(OC)cc1. The van der Waals surface area contributed by atoms with Gasteiger partial charge in [0.15, 0.2) is 11.0 Å². The molecular formula is C23H26N4O2S. The Hall–Kier alpha value is -2.80. The number of thioether (sulfide) groups is 1. The van der Waals surface area contributed by atoms with Gasteiger partial charge in [0.05, 0.1) is 12.4 Å². The lowest BCUT2D eigenvalue weighted by molar-refractivity contribution is -0.117. The van der Waals surface area contributed by atoms with Gasteiger partial charge in [-0.3, -0.25) is 4.79 Å². The number of rotatable bonds is 6. The van der Waals surface area contributed by atoms with Crippen LogP contribution in [0.4, 0.5) is 5.69 Å². The number of carbonyl (C=O) groups is 1. The number of hydrogen-bond donors (Lipinski definition) is 0. The summed E-state index contributed by atoms with van der Waals surface area (Å²) in [5.41, 5.74) is 3.26. The highest BCUT2D eigenvalue weighted by molar-refractivity contribution is 8.00. The van der Waals surface area contributed by atoms with Crippen LogP contribution in [0.2, 0.25) is 0 Å². The zero-order valence-corrected chi connectivity index (χ0v) is 18.4. The highest BCUT2D eigenvalue weighted by Crippen LogP contribution is 2.32. The van der Waals surface area contributed by atoms with Crippen LogP contribution < -0.4 is 9.64 Å². The molecule has 0 saturated heterocycles. The second-order valence-corrected chi connectivity index (χ2v) is 8.57. The van der Waals surface area contributed by atoms with Gasteiger partial charge < -0.3 is 14.2 Å². The van der Waals surface area contributed by atoms with Crippen molar-refractivity contribution in [2.75, 3.05) is 18.6 Å². The summed E-state index contributed by atoms with van der Waals surface area (Å²) >= 11 is 1.47. The Balaban J connectivity index is 1.54. The summed E-state index contributed by atoms with van der Waals surface area (Å²) in [5.74, 6) is 1.71. The highest BCUT2D eigenvalue weighted by Gasteiger charge is 2.28. The summed E-state index contributed by atoms with van der Waals surface area (Å²) < 4.78 is 7.30. The number of para-hydroxylation sites is 1. The third-order valence-corrected chi connectivity index (χ3v) is 6.46. The van der Waals surface area contributed by atoms with Crippen molar-refractivity contribution in [2.24, 2.45) is 0 Å². The molecule has 156 valence electrons. The van der Waals surface area contributed by atoms with Crippen molar-refractivity contribution < 1.29 is 9.53 Å². The molecule has 4 rings (SSSR count). The Labute approximate surface area is 181 Å². The molecule has 0 aliphatic carbocycles. The number of carbonyl (C=O) groups excluding carboxylic acids is 1. The fourth-order valence-electron chi connectivity index (χ4n) is 3.81. The predicted molar refractivity (Wildman–Crippen MR) is 120 cm³/mol. The number of anilines is 1. The van der Waals surface area contributed by atoms with E-state index < -0.39 is 0 Å².